The average molecular weight is 201 g/mol. The number of aliphatic hydroxyl groups excluding tert-OH is 1. The SMILES string of the molecule is CN(CO)Cc1ccc2ccccc2c1. The summed E-state index contributed by atoms with van der Waals surface area (Å²) in [5.74, 6) is 0. The van der Waals surface area contributed by atoms with Crippen molar-refractivity contribution in [2.45, 2.75) is 6.54 Å². The molecule has 0 aliphatic heterocycles. The van der Waals surface area contributed by atoms with E-state index in [2.05, 4.69) is 30.3 Å². The van der Waals surface area contributed by atoms with E-state index in [1.54, 1.807) is 0 Å². The lowest BCUT2D eigenvalue weighted by atomic mass is 10.1. The lowest BCUT2D eigenvalue weighted by Gasteiger charge is -2.13. The van der Waals surface area contributed by atoms with Gasteiger partial charge in [0, 0.05) is 6.54 Å². The molecule has 2 rings (SSSR count). The molecule has 2 aromatic carbocycles. The second-order valence-corrected chi connectivity index (χ2v) is 3.84. The van der Waals surface area contributed by atoms with Crippen molar-refractivity contribution in [1.29, 1.82) is 0 Å². The van der Waals surface area contributed by atoms with Gasteiger partial charge in [-0.05, 0) is 29.4 Å². The summed E-state index contributed by atoms with van der Waals surface area (Å²) < 4.78 is 0. The summed E-state index contributed by atoms with van der Waals surface area (Å²) in [6.45, 7) is 0.869. The number of hydrogen-bond donors (Lipinski definition) is 1. The van der Waals surface area contributed by atoms with Gasteiger partial charge in [0.2, 0.25) is 0 Å². The number of hydrogen-bond acceptors (Lipinski definition) is 2. The maximum absolute atomic E-state index is 8.94. The lowest BCUT2D eigenvalue weighted by Crippen LogP contribution is -2.18. The molecule has 0 spiro atoms. The topological polar surface area (TPSA) is 23.5 Å². The molecule has 0 saturated heterocycles. The van der Waals surface area contributed by atoms with Crippen molar-refractivity contribution in [2.75, 3.05) is 13.8 Å². The van der Waals surface area contributed by atoms with Crippen molar-refractivity contribution in [1.82, 2.24) is 4.90 Å². The van der Waals surface area contributed by atoms with Crippen molar-refractivity contribution in [2.24, 2.45) is 0 Å². The van der Waals surface area contributed by atoms with E-state index in [4.69, 9.17) is 5.11 Å². The molecule has 0 aromatic heterocycles. The first kappa shape index (κ1) is 10.1. The molecule has 0 fully saturated rings. The molecule has 0 saturated carbocycles. The fourth-order valence-corrected chi connectivity index (χ4v) is 1.70. The van der Waals surface area contributed by atoms with E-state index < -0.39 is 0 Å². The summed E-state index contributed by atoms with van der Waals surface area (Å²) in [4.78, 5) is 1.87. The van der Waals surface area contributed by atoms with Crippen LogP contribution < -0.4 is 0 Å². The minimum Gasteiger partial charge on any atom is -0.381 e. The Hall–Kier alpha value is -1.38. The molecule has 0 aliphatic carbocycles. The van der Waals surface area contributed by atoms with E-state index in [-0.39, 0.29) is 6.73 Å². The van der Waals surface area contributed by atoms with Gasteiger partial charge in [0.15, 0.2) is 0 Å². The second kappa shape index (κ2) is 4.43. The molecule has 0 heterocycles. The fourth-order valence-electron chi connectivity index (χ4n) is 1.70. The molecule has 78 valence electrons. The molecule has 0 atom stereocenters. The summed E-state index contributed by atoms with van der Waals surface area (Å²) in [6.07, 6.45) is 0. The molecule has 0 amide bonds. The molecule has 2 aromatic rings. The second-order valence-electron chi connectivity index (χ2n) is 3.84. The first-order chi connectivity index (χ1) is 7.29. The Balaban J connectivity index is 2.30. The predicted octanol–water partition coefficient (Wildman–Crippen LogP) is 2.22. The van der Waals surface area contributed by atoms with Gasteiger partial charge in [0.05, 0.1) is 6.73 Å². The van der Waals surface area contributed by atoms with Crippen LogP contribution in [-0.2, 0) is 6.54 Å². The van der Waals surface area contributed by atoms with Gasteiger partial charge in [-0.15, -0.1) is 0 Å². The molecule has 2 nitrogen and oxygen atoms in total. The standard InChI is InChI=1S/C13H15NO/c1-14(10-15)9-11-6-7-12-4-2-3-5-13(12)8-11/h2-8,15H,9-10H2,1H3. The van der Waals surface area contributed by atoms with Crippen LogP contribution in [0.25, 0.3) is 10.8 Å². The van der Waals surface area contributed by atoms with E-state index >= 15 is 0 Å². The number of benzene rings is 2. The molecule has 0 unspecified atom stereocenters. The van der Waals surface area contributed by atoms with Gasteiger partial charge in [-0.1, -0.05) is 36.4 Å². The number of aliphatic hydroxyl groups is 1. The molecule has 0 bridgehead atoms. The van der Waals surface area contributed by atoms with Crippen LogP contribution in [0.4, 0.5) is 0 Å². The molecule has 15 heavy (non-hydrogen) atoms. The third-order valence-corrected chi connectivity index (χ3v) is 2.51. The van der Waals surface area contributed by atoms with Crippen molar-refractivity contribution >= 4 is 10.8 Å². The zero-order valence-corrected chi connectivity index (χ0v) is 8.85. The third-order valence-electron chi connectivity index (χ3n) is 2.51. The third kappa shape index (κ3) is 2.35. The van der Waals surface area contributed by atoms with E-state index in [1.807, 2.05) is 24.1 Å². The fraction of sp³-hybridized carbons (Fsp3) is 0.231. The van der Waals surface area contributed by atoms with Gasteiger partial charge in [-0.3, -0.25) is 4.90 Å². The van der Waals surface area contributed by atoms with Gasteiger partial charge in [-0.2, -0.15) is 0 Å². The largest absolute Gasteiger partial charge is 0.381 e. The van der Waals surface area contributed by atoms with E-state index in [1.165, 1.54) is 16.3 Å². The smallest absolute Gasteiger partial charge is 0.0956 e. The highest BCUT2D eigenvalue weighted by molar-refractivity contribution is 5.82. The van der Waals surface area contributed by atoms with Crippen LogP contribution in [0.15, 0.2) is 42.5 Å². The highest BCUT2D eigenvalue weighted by Crippen LogP contribution is 2.16. The average Bonchev–Trinajstić information content (AvgIpc) is 2.29. The molecular formula is C13H15NO. The van der Waals surface area contributed by atoms with Crippen molar-refractivity contribution in [3.05, 3.63) is 48.0 Å². The molecule has 1 N–H and O–H groups in total. The van der Waals surface area contributed by atoms with Gasteiger partial charge in [-0.25, -0.2) is 0 Å². The van der Waals surface area contributed by atoms with Crippen LogP contribution >= 0.6 is 0 Å². The van der Waals surface area contributed by atoms with Crippen LogP contribution in [0.1, 0.15) is 5.56 Å². The zero-order chi connectivity index (χ0) is 10.7. The first-order valence-electron chi connectivity index (χ1n) is 5.06. The maximum Gasteiger partial charge on any atom is 0.0956 e. The predicted molar refractivity (Wildman–Crippen MR) is 62.5 cm³/mol. The van der Waals surface area contributed by atoms with Crippen LogP contribution in [0, 0.1) is 0 Å². The van der Waals surface area contributed by atoms with Crippen LogP contribution in [-0.4, -0.2) is 23.8 Å². The molecule has 0 radical (unpaired) electrons. The van der Waals surface area contributed by atoms with Crippen LogP contribution in [0.2, 0.25) is 0 Å². The molecular weight excluding hydrogens is 186 g/mol. The highest BCUT2D eigenvalue weighted by atomic mass is 16.3. The van der Waals surface area contributed by atoms with Gasteiger partial charge in [0.1, 0.15) is 0 Å². The Labute approximate surface area is 89.8 Å². The zero-order valence-electron chi connectivity index (χ0n) is 8.85. The normalized spacial score (nSPS) is 11.1. The highest BCUT2D eigenvalue weighted by Gasteiger charge is 1.99. The minimum atomic E-state index is 0.0901. The number of rotatable bonds is 3. The first-order valence-corrected chi connectivity index (χ1v) is 5.06. The van der Waals surface area contributed by atoms with E-state index in [0.717, 1.165) is 6.54 Å². The maximum atomic E-state index is 8.94. The molecule has 0 aliphatic rings. The summed E-state index contributed by atoms with van der Waals surface area (Å²) in [5.41, 5.74) is 1.23. The Bertz CT molecular complexity index is 453. The van der Waals surface area contributed by atoms with Gasteiger partial charge in [0.25, 0.3) is 0 Å². The van der Waals surface area contributed by atoms with Crippen molar-refractivity contribution in [3.8, 4) is 0 Å². The Morgan fingerprint density at radius 2 is 1.80 bits per heavy atom. The van der Waals surface area contributed by atoms with Crippen LogP contribution in [0.5, 0.6) is 0 Å². The quantitative estimate of drug-likeness (QED) is 0.770. The van der Waals surface area contributed by atoms with Crippen LogP contribution in [0.3, 0.4) is 0 Å². The van der Waals surface area contributed by atoms with E-state index in [9.17, 15) is 0 Å². The minimum absolute atomic E-state index is 0.0901. The summed E-state index contributed by atoms with van der Waals surface area (Å²) >= 11 is 0. The Kier molecular flexibility index (Phi) is 2.99. The number of fused-ring (bicyclic) bond motifs is 1. The van der Waals surface area contributed by atoms with Crippen molar-refractivity contribution in [3.63, 3.8) is 0 Å². The Morgan fingerprint density at radius 3 is 2.53 bits per heavy atom. The van der Waals surface area contributed by atoms with Gasteiger partial charge >= 0.3 is 0 Å². The summed E-state index contributed by atoms with van der Waals surface area (Å²) in [6, 6.07) is 14.7. The monoisotopic (exact) mass is 201 g/mol. The van der Waals surface area contributed by atoms with E-state index in [0.29, 0.717) is 0 Å². The molecule has 2 heteroatoms. The summed E-state index contributed by atoms with van der Waals surface area (Å²) in [5, 5.41) is 11.4. The van der Waals surface area contributed by atoms with Gasteiger partial charge < -0.3 is 5.11 Å². The van der Waals surface area contributed by atoms with Crippen molar-refractivity contribution < 1.29 is 5.11 Å². The Morgan fingerprint density at radius 1 is 1.07 bits per heavy atom. The lowest BCUT2D eigenvalue weighted by molar-refractivity contribution is 0.127. The summed E-state index contributed by atoms with van der Waals surface area (Å²) in [7, 11) is 1.90. The number of nitrogens with zero attached hydrogens (tertiary/aromatic N) is 1.